The number of rotatable bonds is 3. The van der Waals surface area contributed by atoms with Crippen LogP contribution in [0.1, 0.15) is 32.1 Å². The van der Waals surface area contributed by atoms with Gasteiger partial charge >= 0.3 is 0 Å². The highest BCUT2D eigenvalue weighted by molar-refractivity contribution is 5.82. The summed E-state index contributed by atoms with van der Waals surface area (Å²) >= 11 is 0. The van der Waals surface area contributed by atoms with Crippen LogP contribution in [-0.4, -0.2) is 48.9 Å². The van der Waals surface area contributed by atoms with Gasteiger partial charge in [-0.05, 0) is 45.7 Å². The first kappa shape index (κ1) is 10.9. The zero-order chi connectivity index (χ0) is 10.8. The third-order valence-electron chi connectivity index (χ3n) is 3.77. The molecule has 2 fully saturated rings. The Morgan fingerprint density at radius 2 is 1.93 bits per heavy atom. The van der Waals surface area contributed by atoms with Crippen molar-refractivity contribution in [1.82, 2.24) is 9.80 Å². The zero-order valence-corrected chi connectivity index (χ0v) is 9.91. The first-order valence-electron chi connectivity index (χ1n) is 6.11. The number of carbonyl (C=O) groups excluding carboxylic acids is 1. The molecule has 0 atom stereocenters. The Balaban J connectivity index is 1.74. The van der Waals surface area contributed by atoms with Crippen molar-refractivity contribution in [2.75, 3.05) is 27.2 Å². The lowest BCUT2D eigenvalue weighted by molar-refractivity contribution is -0.144. The topological polar surface area (TPSA) is 23.6 Å². The summed E-state index contributed by atoms with van der Waals surface area (Å²) in [6.07, 6.45) is 5.84. The fourth-order valence-electron chi connectivity index (χ4n) is 2.87. The van der Waals surface area contributed by atoms with Crippen molar-refractivity contribution in [3.05, 3.63) is 0 Å². The van der Waals surface area contributed by atoms with E-state index < -0.39 is 0 Å². The molecular formula is C12H22N2O. The van der Waals surface area contributed by atoms with Crippen LogP contribution in [-0.2, 0) is 4.79 Å². The highest BCUT2D eigenvalue weighted by Gasteiger charge is 2.33. The number of β-lactam (4-membered cyclic amide) rings is 1. The van der Waals surface area contributed by atoms with E-state index in [1.807, 2.05) is 0 Å². The van der Waals surface area contributed by atoms with Gasteiger partial charge in [-0.25, -0.2) is 0 Å². The van der Waals surface area contributed by atoms with Crippen molar-refractivity contribution in [2.45, 2.75) is 38.1 Å². The van der Waals surface area contributed by atoms with Gasteiger partial charge in [0.2, 0.25) is 5.91 Å². The lowest BCUT2D eigenvalue weighted by atomic mass is 9.84. The minimum Gasteiger partial charge on any atom is -0.339 e. The van der Waals surface area contributed by atoms with Crippen molar-refractivity contribution >= 4 is 5.91 Å². The van der Waals surface area contributed by atoms with E-state index in [0.717, 1.165) is 18.9 Å². The second kappa shape index (κ2) is 4.52. The van der Waals surface area contributed by atoms with Gasteiger partial charge in [0.1, 0.15) is 0 Å². The molecule has 0 aromatic heterocycles. The summed E-state index contributed by atoms with van der Waals surface area (Å²) in [5, 5.41) is 0. The van der Waals surface area contributed by atoms with Gasteiger partial charge in [-0.1, -0.05) is 0 Å². The average molecular weight is 210 g/mol. The fourth-order valence-corrected chi connectivity index (χ4v) is 2.87. The van der Waals surface area contributed by atoms with Gasteiger partial charge in [-0.15, -0.1) is 0 Å². The quantitative estimate of drug-likeness (QED) is 0.656. The zero-order valence-electron chi connectivity index (χ0n) is 9.91. The molecule has 1 saturated carbocycles. The normalized spacial score (nSPS) is 31.9. The van der Waals surface area contributed by atoms with Gasteiger partial charge in [0.15, 0.2) is 0 Å². The van der Waals surface area contributed by atoms with Gasteiger partial charge < -0.3 is 9.80 Å². The van der Waals surface area contributed by atoms with Crippen molar-refractivity contribution < 1.29 is 4.79 Å². The molecule has 15 heavy (non-hydrogen) atoms. The molecule has 86 valence electrons. The lowest BCUT2D eigenvalue weighted by Crippen LogP contribution is -2.51. The van der Waals surface area contributed by atoms with Gasteiger partial charge in [0.05, 0.1) is 0 Å². The third-order valence-corrected chi connectivity index (χ3v) is 3.77. The van der Waals surface area contributed by atoms with E-state index in [-0.39, 0.29) is 0 Å². The summed E-state index contributed by atoms with van der Waals surface area (Å²) in [7, 11) is 4.29. The van der Waals surface area contributed by atoms with Crippen molar-refractivity contribution in [2.24, 2.45) is 5.92 Å². The number of hydrogen-bond acceptors (Lipinski definition) is 2. The maximum Gasteiger partial charge on any atom is 0.224 e. The van der Waals surface area contributed by atoms with Gasteiger partial charge in [0, 0.05) is 25.6 Å². The summed E-state index contributed by atoms with van der Waals surface area (Å²) in [6, 6.07) is 0.574. The largest absolute Gasteiger partial charge is 0.339 e. The molecule has 3 heteroatoms. The summed E-state index contributed by atoms with van der Waals surface area (Å²) in [4.78, 5) is 15.7. The summed E-state index contributed by atoms with van der Waals surface area (Å²) < 4.78 is 0. The van der Waals surface area contributed by atoms with E-state index in [4.69, 9.17) is 0 Å². The molecule has 1 saturated heterocycles. The highest BCUT2D eigenvalue weighted by Crippen LogP contribution is 2.30. The monoisotopic (exact) mass is 210 g/mol. The van der Waals surface area contributed by atoms with Gasteiger partial charge in [-0.2, -0.15) is 0 Å². The van der Waals surface area contributed by atoms with E-state index >= 15 is 0 Å². The van der Waals surface area contributed by atoms with E-state index in [9.17, 15) is 4.79 Å². The molecule has 0 aromatic carbocycles. The molecule has 0 spiro atoms. The van der Waals surface area contributed by atoms with Crippen LogP contribution in [0.2, 0.25) is 0 Å². The molecule has 0 bridgehead atoms. The average Bonchev–Trinajstić information content (AvgIpc) is 2.18. The number of nitrogens with zero attached hydrogens (tertiary/aromatic N) is 2. The molecule has 0 radical (unpaired) electrons. The minimum absolute atomic E-state index is 0.381. The highest BCUT2D eigenvalue weighted by atomic mass is 16.2. The van der Waals surface area contributed by atoms with Crippen molar-refractivity contribution in [3.8, 4) is 0 Å². The first-order valence-corrected chi connectivity index (χ1v) is 6.11. The van der Waals surface area contributed by atoms with Crippen molar-refractivity contribution in [1.29, 1.82) is 0 Å². The van der Waals surface area contributed by atoms with E-state index in [2.05, 4.69) is 23.9 Å². The Bertz CT molecular complexity index is 232. The number of hydrogen-bond donors (Lipinski definition) is 0. The molecule has 0 N–H and O–H groups in total. The van der Waals surface area contributed by atoms with Crippen LogP contribution < -0.4 is 0 Å². The van der Waals surface area contributed by atoms with Crippen LogP contribution in [0.15, 0.2) is 0 Å². The van der Waals surface area contributed by atoms with Crippen molar-refractivity contribution in [3.63, 3.8) is 0 Å². The smallest absolute Gasteiger partial charge is 0.224 e. The number of likely N-dealkylation sites (tertiary alicyclic amines) is 1. The van der Waals surface area contributed by atoms with Crippen LogP contribution in [0.5, 0.6) is 0 Å². The Hall–Kier alpha value is -0.570. The summed E-state index contributed by atoms with van der Waals surface area (Å²) in [5.41, 5.74) is 0. The molecule has 0 aromatic rings. The van der Waals surface area contributed by atoms with E-state index in [1.165, 1.54) is 32.2 Å². The molecule has 1 aliphatic heterocycles. The fraction of sp³-hybridized carbons (Fsp3) is 0.917. The standard InChI is InChI=1S/C12H22N2O/c1-13(2)9-10-3-5-11(6-4-10)14-8-7-12(14)15/h10-11H,3-9H2,1-2H3. The van der Waals surface area contributed by atoms with Crippen LogP contribution in [0, 0.1) is 5.92 Å². The Morgan fingerprint density at radius 1 is 1.27 bits per heavy atom. The van der Waals surface area contributed by atoms with E-state index in [1.54, 1.807) is 0 Å². The SMILES string of the molecule is CN(C)CC1CCC(N2CCC2=O)CC1. The van der Waals surface area contributed by atoms with E-state index in [0.29, 0.717) is 11.9 Å². The lowest BCUT2D eigenvalue weighted by Gasteiger charge is -2.42. The molecule has 3 nitrogen and oxygen atoms in total. The van der Waals surface area contributed by atoms with Crippen LogP contribution in [0.3, 0.4) is 0 Å². The molecular weight excluding hydrogens is 188 g/mol. The predicted octanol–water partition coefficient (Wildman–Crippen LogP) is 1.34. The molecule has 2 aliphatic rings. The first-order chi connectivity index (χ1) is 7.16. The molecule has 0 unspecified atom stereocenters. The van der Waals surface area contributed by atoms with Crippen LogP contribution in [0.25, 0.3) is 0 Å². The molecule has 1 heterocycles. The second-order valence-electron chi connectivity index (χ2n) is 5.27. The molecule has 1 amide bonds. The van der Waals surface area contributed by atoms with Crippen LogP contribution >= 0.6 is 0 Å². The molecule has 2 rings (SSSR count). The van der Waals surface area contributed by atoms with Gasteiger partial charge in [-0.3, -0.25) is 4.79 Å². The summed E-state index contributed by atoms with van der Waals surface area (Å²) in [6.45, 7) is 2.22. The second-order valence-corrected chi connectivity index (χ2v) is 5.27. The maximum absolute atomic E-state index is 11.3. The number of amides is 1. The predicted molar refractivity (Wildman–Crippen MR) is 60.6 cm³/mol. The van der Waals surface area contributed by atoms with Crippen LogP contribution in [0.4, 0.5) is 0 Å². The Morgan fingerprint density at radius 3 is 2.33 bits per heavy atom. The van der Waals surface area contributed by atoms with Gasteiger partial charge in [0.25, 0.3) is 0 Å². The third kappa shape index (κ3) is 2.51. The Labute approximate surface area is 92.4 Å². The number of carbonyl (C=O) groups is 1. The molecule has 1 aliphatic carbocycles. The Kier molecular flexibility index (Phi) is 3.29. The summed E-state index contributed by atoms with van der Waals surface area (Å²) in [5.74, 6) is 1.23. The maximum atomic E-state index is 11.3. The minimum atomic E-state index is 0.381.